The second-order valence-electron chi connectivity index (χ2n) is 7.18. The van der Waals surface area contributed by atoms with E-state index in [4.69, 9.17) is 9.47 Å². The highest BCUT2D eigenvalue weighted by atomic mass is 16.5. The van der Waals surface area contributed by atoms with Crippen molar-refractivity contribution in [3.8, 4) is 22.9 Å². The van der Waals surface area contributed by atoms with Gasteiger partial charge in [-0.05, 0) is 55.3 Å². The van der Waals surface area contributed by atoms with Crippen LogP contribution in [0.2, 0.25) is 0 Å². The topological polar surface area (TPSA) is 118 Å². The van der Waals surface area contributed by atoms with E-state index in [1.165, 1.54) is 14.2 Å². The van der Waals surface area contributed by atoms with E-state index >= 15 is 0 Å². The highest BCUT2D eigenvalue weighted by Crippen LogP contribution is 2.38. The van der Waals surface area contributed by atoms with E-state index in [1.807, 2.05) is 12.1 Å². The summed E-state index contributed by atoms with van der Waals surface area (Å²) >= 11 is 0. The first-order chi connectivity index (χ1) is 15.1. The summed E-state index contributed by atoms with van der Waals surface area (Å²) in [4.78, 5) is 28.5. The molecule has 2 amide bonds. The SMILES string of the molecule is CNC(=O)COc1ccc(C(=O)Nc2ccc(-c3n[nH]c(C4CC4)n3)cc2)cc1OC. The van der Waals surface area contributed by atoms with Crippen LogP contribution in [0.4, 0.5) is 5.69 Å². The van der Waals surface area contributed by atoms with Crippen LogP contribution in [0.3, 0.4) is 0 Å². The average Bonchev–Trinajstić information content (AvgIpc) is 3.54. The van der Waals surface area contributed by atoms with Crippen molar-refractivity contribution >= 4 is 17.5 Å². The van der Waals surface area contributed by atoms with Crippen molar-refractivity contribution in [3.05, 3.63) is 53.9 Å². The number of carbonyl (C=O) groups is 2. The zero-order valence-corrected chi connectivity index (χ0v) is 17.3. The molecule has 160 valence electrons. The van der Waals surface area contributed by atoms with E-state index in [1.54, 1.807) is 30.3 Å². The molecule has 1 aliphatic rings. The van der Waals surface area contributed by atoms with Crippen LogP contribution in [0, 0.1) is 0 Å². The summed E-state index contributed by atoms with van der Waals surface area (Å²) in [6, 6.07) is 12.1. The van der Waals surface area contributed by atoms with E-state index in [9.17, 15) is 9.59 Å². The Morgan fingerprint density at radius 2 is 1.90 bits per heavy atom. The zero-order chi connectivity index (χ0) is 21.8. The molecule has 0 unspecified atom stereocenters. The number of rotatable bonds is 8. The second-order valence-corrected chi connectivity index (χ2v) is 7.18. The van der Waals surface area contributed by atoms with Crippen molar-refractivity contribution < 1.29 is 19.1 Å². The number of nitrogens with one attached hydrogen (secondary N) is 3. The minimum Gasteiger partial charge on any atom is -0.493 e. The summed E-state index contributed by atoms with van der Waals surface area (Å²) < 4.78 is 10.7. The lowest BCUT2D eigenvalue weighted by Gasteiger charge is -2.12. The largest absolute Gasteiger partial charge is 0.493 e. The summed E-state index contributed by atoms with van der Waals surface area (Å²) in [5.74, 6) is 2.28. The molecule has 0 saturated heterocycles. The van der Waals surface area contributed by atoms with Crippen LogP contribution in [0.1, 0.15) is 34.9 Å². The number of nitrogens with zero attached hydrogens (tertiary/aromatic N) is 2. The van der Waals surface area contributed by atoms with Gasteiger partial charge in [-0.15, -0.1) is 0 Å². The van der Waals surface area contributed by atoms with Crippen molar-refractivity contribution in [2.24, 2.45) is 0 Å². The van der Waals surface area contributed by atoms with Gasteiger partial charge in [-0.3, -0.25) is 14.7 Å². The number of likely N-dealkylation sites (N-methyl/N-ethyl adjacent to an activating group) is 1. The number of hydrogen-bond donors (Lipinski definition) is 3. The van der Waals surface area contributed by atoms with E-state index < -0.39 is 0 Å². The number of aromatic nitrogens is 3. The van der Waals surface area contributed by atoms with Crippen LogP contribution >= 0.6 is 0 Å². The molecule has 0 atom stereocenters. The summed E-state index contributed by atoms with van der Waals surface area (Å²) in [5.41, 5.74) is 1.92. The van der Waals surface area contributed by atoms with Gasteiger partial charge in [0.2, 0.25) is 0 Å². The van der Waals surface area contributed by atoms with E-state index in [0.717, 1.165) is 24.2 Å². The third kappa shape index (κ3) is 4.82. The number of ether oxygens (including phenoxy) is 2. The summed E-state index contributed by atoms with van der Waals surface area (Å²) in [5, 5.41) is 12.6. The minimum atomic E-state index is -0.294. The Kier molecular flexibility index (Phi) is 5.83. The highest BCUT2D eigenvalue weighted by Gasteiger charge is 2.27. The normalized spacial score (nSPS) is 12.8. The smallest absolute Gasteiger partial charge is 0.257 e. The molecule has 4 rings (SSSR count). The summed E-state index contributed by atoms with van der Waals surface area (Å²) in [6.45, 7) is -0.141. The van der Waals surface area contributed by atoms with Gasteiger partial charge in [0, 0.05) is 29.8 Å². The molecular formula is C22H23N5O4. The molecular weight excluding hydrogens is 398 g/mol. The van der Waals surface area contributed by atoms with Crippen LogP contribution in [0.5, 0.6) is 11.5 Å². The van der Waals surface area contributed by atoms with Crippen LogP contribution in [0.15, 0.2) is 42.5 Å². The van der Waals surface area contributed by atoms with Gasteiger partial charge in [-0.2, -0.15) is 5.10 Å². The molecule has 2 aromatic carbocycles. The number of hydrogen-bond acceptors (Lipinski definition) is 6. The molecule has 1 saturated carbocycles. The highest BCUT2D eigenvalue weighted by molar-refractivity contribution is 6.04. The predicted molar refractivity (Wildman–Crippen MR) is 114 cm³/mol. The molecule has 0 spiro atoms. The minimum absolute atomic E-state index is 0.141. The third-order valence-corrected chi connectivity index (χ3v) is 4.93. The molecule has 9 nitrogen and oxygen atoms in total. The van der Waals surface area contributed by atoms with Gasteiger partial charge in [0.15, 0.2) is 23.9 Å². The second kappa shape index (κ2) is 8.86. The lowest BCUT2D eigenvalue weighted by Crippen LogP contribution is -2.25. The van der Waals surface area contributed by atoms with Gasteiger partial charge in [-0.1, -0.05) is 0 Å². The number of aromatic amines is 1. The van der Waals surface area contributed by atoms with Crippen molar-refractivity contribution in [2.45, 2.75) is 18.8 Å². The van der Waals surface area contributed by atoms with Crippen molar-refractivity contribution in [1.82, 2.24) is 20.5 Å². The van der Waals surface area contributed by atoms with Crippen LogP contribution in [-0.4, -0.2) is 47.8 Å². The lowest BCUT2D eigenvalue weighted by molar-refractivity contribution is -0.122. The molecule has 1 aliphatic carbocycles. The fraction of sp³-hybridized carbons (Fsp3) is 0.273. The van der Waals surface area contributed by atoms with Gasteiger partial charge < -0.3 is 20.1 Å². The van der Waals surface area contributed by atoms with Crippen LogP contribution < -0.4 is 20.1 Å². The Morgan fingerprint density at radius 1 is 1.13 bits per heavy atom. The van der Waals surface area contributed by atoms with Crippen molar-refractivity contribution in [2.75, 3.05) is 26.1 Å². The van der Waals surface area contributed by atoms with Gasteiger partial charge >= 0.3 is 0 Å². The predicted octanol–water partition coefficient (Wildman–Crippen LogP) is 2.73. The Morgan fingerprint density at radius 3 is 2.58 bits per heavy atom. The molecule has 0 bridgehead atoms. The fourth-order valence-corrected chi connectivity index (χ4v) is 2.99. The standard InChI is InChI=1S/C22H23N5O4/c1-23-19(28)12-31-17-10-7-15(11-18(17)30-2)22(29)24-16-8-5-14(6-9-16)21-25-20(26-27-21)13-3-4-13/h5-11,13H,3-4,12H2,1-2H3,(H,23,28)(H,24,29)(H,25,26,27). The summed E-state index contributed by atoms with van der Waals surface area (Å²) in [6.07, 6.45) is 2.32. The number of methoxy groups -OCH3 is 1. The van der Waals surface area contributed by atoms with Gasteiger partial charge in [0.25, 0.3) is 11.8 Å². The van der Waals surface area contributed by atoms with Crippen LogP contribution in [0.25, 0.3) is 11.4 Å². The molecule has 3 N–H and O–H groups in total. The molecule has 0 aliphatic heterocycles. The van der Waals surface area contributed by atoms with E-state index in [-0.39, 0.29) is 18.4 Å². The van der Waals surface area contributed by atoms with Gasteiger partial charge in [-0.25, -0.2) is 4.98 Å². The van der Waals surface area contributed by atoms with E-state index in [2.05, 4.69) is 25.8 Å². The average molecular weight is 421 g/mol. The molecule has 1 aromatic heterocycles. The summed E-state index contributed by atoms with van der Waals surface area (Å²) in [7, 11) is 3.00. The monoisotopic (exact) mass is 421 g/mol. The maximum absolute atomic E-state index is 12.6. The maximum Gasteiger partial charge on any atom is 0.257 e. The number of anilines is 1. The first-order valence-electron chi connectivity index (χ1n) is 9.93. The first-order valence-corrected chi connectivity index (χ1v) is 9.93. The third-order valence-electron chi connectivity index (χ3n) is 4.93. The van der Waals surface area contributed by atoms with Gasteiger partial charge in [0.1, 0.15) is 5.82 Å². The number of amides is 2. The van der Waals surface area contributed by atoms with E-state index in [0.29, 0.717) is 34.5 Å². The molecule has 1 fully saturated rings. The molecule has 0 radical (unpaired) electrons. The Hall–Kier alpha value is -3.88. The van der Waals surface area contributed by atoms with Crippen molar-refractivity contribution in [3.63, 3.8) is 0 Å². The Balaban J connectivity index is 1.41. The zero-order valence-electron chi connectivity index (χ0n) is 17.3. The van der Waals surface area contributed by atoms with Gasteiger partial charge in [0.05, 0.1) is 7.11 Å². The Bertz CT molecular complexity index is 1090. The fourth-order valence-electron chi connectivity index (χ4n) is 2.99. The quantitative estimate of drug-likeness (QED) is 0.515. The molecule has 31 heavy (non-hydrogen) atoms. The molecule has 3 aromatic rings. The molecule has 9 heteroatoms. The number of benzene rings is 2. The number of carbonyl (C=O) groups excluding carboxylic acids is 2. The first kappa shape index (κ1) is 20.4. The molecule has 1 heterocycles. The number of H-pyrrole nitrogens is 1. The van der Waals surface area contributed by atoms with Crippen molar-refractivity contribution in [1.29, 1.82) is 0 Å². The Labute approximate surface area is 179 Å². The lowest BCUT2D eigenvalue weighted by atomic mass is 10.1. The maximum atomic E-state index is 12.6. The van der Waals surface area contributed by atoms with Crippen LogP contribution in [-0.2, 0) is 4.79 Å².